The molecule has 2 fully saturated rings. The highest BCUT2D eigenvalue weighted by atomic mass is 16.6. The Morgan fingerprint density at radius 1 is 1.22 bits per heavy atom. The molecular weight excluding hydrogens is 474 g/mol. The molecule has 2 aliphatic rings. The number of benzene rings is 1. The van der Waals surface area contributed by atoms with E-state index in [0.29, 0.717) is 55.5 Å². The molecule has 37 heavy (non-hydrogen) atoms. The third-order valence-electron chi connectivity index (χ3n) is 6.70. The van der Waals surface area contributed by atoms with Crippen LogP contribution >= 0.6 is 0 Å². The SMILES string of the molecule is Cn1nccc1-c1cc2nc(C(=O)NCc3ccc(C#N)cc3)cc(N3CCN4C(=O)OCC4C3)n2n1. The summed E-state index contributed by atoms with van der Waals surface area (Å²) in [6.07, 6.45) is 1.41. The van der Waals surface area contributed by atoms with Gasteiger partial charge in [0.1, 0.15) is 23.8 Å². The topological polar surface area (TPSA) is 134 Å². The first-order valence-electron chi connectivity index (χ1n) is 11.8. The van der Waals surface area contributed by atoms with Crippen LogP contribution in [0.1, 0.15) is 21.6 Å². The molecule has 1 N–H and O–H groups in total. The van der Waals surface area contributed by atoms with E-state index in [1.165, 1.54) is 0 Å². The molecule has 2 saturated heterocycles. The van der Waals surface area contributed by atoms with Crippen molar-refractivity contribution in [2.45, 2.75) is 12.6 Å². The van der Waals surface area contributed by atoms with Crippen molar-refractivity contribution in [2.24, 2.45) is 7.05 Å². The number of anilines is 1. The van der Waals surface area contributed by atoms with Crippen molar-refractivity contribution in [1.29, 1.82) is 5.26 Å². The summed E-state index contributed by atoms with van der Waals surface area (Å²) >= 11 is 0. The first-order valence-corrected chi connectivity index (χ1v) is 11.8. The molecule has 1 unspecified atom stereocenters. The third-order valence-corrected chi connectivity index (χ3v) is 6.70. The van der Waals surface area contributed by atoms with Crippen LogP contribution in [0.25, 0.3) is 17.0 Å². The average Bonchev–Trinajstić information content (AvgIpc) is 3.64. The van der Waals surface area contributed by atoms with Gasteiger partial charge in [0.25, 0.3) is 5.91 Å². The standard InChI is InChI=1S/C25H23N9O3/c1-31-21(6-7-28-31)19-10-22-29-20(24(35)27-13-17-4-2-16(12-26)3-5-17)11-23(34(22)30-19)32-8-9-33-18(14-32)15-37-25(33)36/h2-7,10-11,18H,8-9,13-15H2,1H3,(H,27,35). The normalized spacial score (nSPS) is 17.0. The van der Waals surface area contributed by atoms with Gasteiger partial charge in [-0.2, -0.15) is 20.0 Å². The van der Waals surface area contributed by atoms with E-state index in [-0.39, 0.29) is 23.7 Å². The highest BCUT2D eigenvalue weighted by Gasteiger charge is 2.38. The fourth-order valence-corrected chi connectivity index (χ4v) is 4.72. The lowest BCUT2D eigenvalue weighted by Gasteiger charge is -2.36. The second-order valence-corrected chi connectivity index (χ2v) is 9.00. The number of carbonyl (C=O) groups is 2. The molecule has 0 spiro atoms. The van der Waals surface area contributed by atoms with Crippen LogP contribution in [0.3, 0.4) is 0 Å². The number of hydrogen-bond donors (Lipinski definition) is 1. The summed E-state index contributed by atoms with van der Waals surface area (Å²) in [5.41, 5.74) is 3.72. The fraction of sp³-hybridized carbons (Fsp3) is 0.280. The molecule has 0 bridgehead atoms. The Morgan fingerprint density at radius 3 is 2.81 bits per heavy atom. The maximum absolute atomic E-state index is 13.2. The number of aromatic nitrogens is 5. The number of rotatable bonds is 5. The lowest BCUT2D eigenvalue weighted by molar-refractivity contribution is 0.0946. The molecule has 186 valence electrons. The molecule has 3 aromatic heterocycles. The van der Waals surface area contributed by atoms with Gasteiger partial charge in [-0.3, -0.25) is 14.4 Å². The number of nitriles is 1. The number of nitrogens with one attached hydrogen (secondary N) is 1. The van der Waals surface area contributed by atoms with E-state index in [1.54, 1.807) is 38.5 Å². The summed E-state index contributed by atoms with van der Waals surface area (Å²) in [4.78, 5) is 33.6. The number of hydrogen-bond acceptors (Lipinski definition) is 8. The number of aryl methyl sites for hydroxylation is 1. The van der Waals surface area contributed by atoms with Crippen molar-refractivity contribution in [1.82, 2.24) is 34.6 Å². The van der Waals surface area contributed by atoms with Crippen LogP contribution in [-0.2, 0) is 18.3 Å². The van der Waals surface area contributed by atoms with Gasteiger partial charge in [0.15, 0.2) is 5.65 Å². The molecule has 12 heteroatoms. The summed E-state index contributed by atoms with van der Waals surface area (Å²) in [5, 5.41) is 20.9. The highest BCUT2D eigenvalue weighted by Crippen LogP contribution is 2.27. The number of nitrogens with zero attached hydrogens (tertiary/aromatic N) is 8. The monoisotopic (exact) mass is 497 g/mol. The van der Waals surface area contributed by atoms with Gasteiger partial charge in [0, 0.05) is 51.6 Å². The second-order valence-electron chi connectivity index (χ2n) is 9.00. The molecule has 1 aromatic carbocycles. The molecule has 4 aromatic rings. The lowest BCUT2D eigenvalue weighted by Crippen LogP contribution is -2.52. The van der Waals surface area contributed by atoms with Crippen LogP contribution in [0.4, 0.5) is 10.6 Å². The molecule has 0 aliphatic carbocycles. The van der Waals surface area contributed by atoms with Gasteiger partial charge in [-0.15, -0.1) is 0 Å². The first kappa shape index (κ1) is 22.5. The molecule has 0 saturated carbocycles. The maximum Gasteiger partial charge on any atom is 0.410 e. The molecule has 12 nitrogen and oxygen atoms in total. The largest absolute Gasteiger partial charge is 0.447 e. The fourth-order valence-electron chi connectivity index (χ4n) is 4.72. The molecule has 2 aliphatic heterocycles. The van der Waals surface area contributed by atoms with E-state index in [0.717, 1.165) is 11.3 Å². The lowest BCUT2D eigenvalue weighted by atomic mass is 10.1. The number of fused-ring (bicyclic) bond motifs is 2. The highest BCUT2D eigenvalue weighted by molar-refractivity contribution is 5.93. The molecule has 0 radical (unpaired) electrons. The average molecular weight is 498 g/mol. The molecular formula is C25H23N9O3. The zero-order chi connectivity index (χ0) is 25.5. The maximum atomic E-state index is 13.2. The molecule has 6 rings (SSSR count). The van der Waals surface area contributed by atoms with Crippen molar-refractivity contribution in [3.8, 4) is 17.5 Å². The molecule has 1 atom stereocenters. The van der Waals surface area contributed by atoms with Crippen LogP contribution in [0.5, 0.6) is 0 Å². The minimum absolute atomic E-state index is 0.0646. The van der Waals surface area contributed by atoms with E-state index in [2.05, 4.69) is 26.4 Å². The third kappa shape index (κ3) is 4.10. The van der Waals surface area contributed by atoms with Gasteiger partial charge >= 0.3 is 6.09 Å². The summed E-state index contributed by atoms with van der Waals surface area (Å²) in [7, 11) is 1.84. The number of carbonyl (C=O) groups excluding carboxylic acids is 2. The van der Waals surface area contributed by atoms with E-state index in [9.17, 15) is 9.59 Å². The quantitative estimate of drug-likeness (QED) is 0.439. The van der Waals surface area contributed by atoms with E-state index in [1.807, 2.05) is 31.3 Å². The van der Waals surface area contributed by atoms with E-state index >= 15 is 0 Å². The van der Waals surface area contributed by atoms with Crippen molar-refractivity contribution in [3.63, 3.8) is 0 Å². The first-order chi connectivity index (χ1) is 18.0. The van der Waals surface area contributed by atoms with Crippen molar-refractivity contribution in [3.05, 3.63) is 65.5 Å². The number of amides is 2. The van der Waals surface area contributed by atoms with Gasteiger partial charge < -0.3 is 15.0 Å². The summed E-state index contributed by atoms with van der Waals surface area (Å²) in [6.45, 7) is 2.27. The number of ether oxygens (including phenoxy) is 1. The van der Waals surface area contributed by atoms with Crippen molar-refractivity contribution < 1.29 is 14.3 Å². The minimum atomic E-state index is -0.325. The Balaban J connectivity index is 1.33. The van der Waals surface area contributed by atoms with Crippen LogP contribution < -0.4 is 10.2 Å². The van der Waals surface area contributed by atoms with Crippen LogP contribution in [0.2, 0.25) is 0 Å². The predicted octanol–water partition coefficient (Wildman–Crippen LogP) is 1.57. The Kier molecular flexibility index (Phi) is 5.45. The predicted molar refractivity (Wildman–Crippen MR) is 132 cm³/mol. The Hall–Kier alpha value is -4.92. The smallest absolute Gasteiger partial charge is 0.410 e. The van der Waals surface area contributed by atoms with Gasteiger partial charge in [-0.05, 0) is 23.8 Å². The molecule has 5 heterocycles. The van der Waals surface area contributed by atoms with E-state index < -0.39 is 0 Å². The number of cyclic esters (lactones) is 1. The summed E-state index contributed by atoms with van der Waals surface area (Å²) in [5.74, 6) is 0.385. The van der Waals surface area contributed by atoms with Crippen LogP contribution in [-0.4, -0.2) is 73.6 Å². The van der Waals surface area contributed by atoms with Crippen molar-refractivity contribution in [2.75, 3.05) is 31.1 Å². The Labute approximate surface area is 211 Å². The van der Waals surface area contributed by atoms with E-state index in [4.69, 9.17) is 15.1 Å². The summed E-state index contributed by atoms with van der Waals surface area (Å²) in [6, 6.07) is 14.5. The van der Waals surface area contributed by atoms with Gasteiger partial charge in [0.2, 0.25) is 0 Å². The van der Waals surface area contributed by atoms with Crippen molar-refractivity contribution >= 4 is 23.5 Å². The zero-order valence-electron chi connectivity index (χ0n) is 20.0. The van der Waals surface area contributed by atoms with Crippen LogP contribution in [0, 0.1) is 11.3 Å². The van der Waals surface area contributed by atoms with Crippen LogP contribution in [0.15, 0.2) is 48.7 Å². The second kappa shape index (κ2) is 8.94. The van der Waals surface area contributed by atoms with Gasteiger partial charge in [-0.1, -0.05) is 12.1 Å². The summed E-state index contributed by atoms with van der Waals surface area (Å²) < 4.78 is 8.68. The number of piperazine rings is 1. The van der Waals surface area contributed by atoms with Gasteiger partial charge in [-0.25, -0.2) is 9.78 Å². The Bertz CT molecular complexity index is 1550. The zero-order valence-corrected chi connectivity index (χ0v) is 20.0. The Morgan fingerprint density at radius 2 is 2.05 bits per heavy atom. The van der Waals surface area contributed by atoms with Gasteiger partial charge in [0.05, 0.1) is 23.4 Å². The minimum Gasteiger partial charge on any atom is -0.447 e. The molecule has 2 amide bonds.